The summed E-state index contributed by atoms with van der Waals surface area (Å²) >= 11 is 6.29. The van der Waals surface area contributed by atoms with Crippen molar-refractivity contribution in [1.82, 2.24) is 29.8 Å². The van der Waals surface area contributed by atoms with Crippen LogP contribution in [0.1, 0.15) is 31.9 Å². The minimum absolute atomic E-state index is 0.163. The number of hydrogen-bond donors (Lipinski definition) is 0. The van der Waals surface area contributed by atoms with Gasteiger partial charge in [-0.2, -0.15) is 0 Å². The van der Waals surface area contributed by atoms with Crippen molar-refractivity contribution < 1.29 is 9.53 Å². The highest BCUT2D eigenvalue weighted by Crippen LogP contribution is 2.47. The minimum Gasteiger partial charge on any atom is -0.450 e. The Morgan fingerprint density at radius 2 is 2.06 bits per heavy atom. The van der Waals surface area contributed by atoms with Crippen LogP contribution in [0.3, 0.4) is 0 Å². The van der Waals surface area contributed by atoms with E-state index in [1.807, 2.05) is 31.0 Å². The van der Waals surface area contributed by atoms with E-state index in [0.29, 0.717) is 23.1 Å². The first-order chi connectivity index (χ1) is 15.5. The molecule has 0 unspecified atom stereocenters. The molecule has 1 aliphatic carbocycles. The summed E-state index contributed by atoms with van der Waals surface area (Å²) in [5, 5.41) is 8.92. The van der Waals surface area contributed by atoms with Crippen LogP contribution in [0.4, 0.5) is 10.5 Å². The van der Waals surface area contributed by atoms with Gasteiger partial charge < -0.3 is 14.5 Å². The summed E-state index contributed by atoms with van der Waals surface area (Å²) in [6.07, 6.45) is 6.95. The van der Waals surface area contributed by atoms with Gasteiger partial charge in [0.15, 0.2) is 5.82 Å². The van der Waals surface area contributed by atoms with E-state index in [-0.39, 0.29) is 6.09 Å². The van der Waals surface area contributed by atoms with E-state index < -0.39 is 0 Å². The zero-order valence-electron chi connectivity index (χ0n) is 18.7. The van der Waals surface area contributed by atoms with Crippen molar-refractivity contribution >= 4 is 23.4 Å². The molecule has 2 aromatic heterocycles. The Morgan fingerprint density at radius 1 is 1.28 bits per heavy atom. The van der Waals surface area contributed by atoms with Gasteiger partial charge in [0.1, 0.15) is 0 Å². The number of carbonyl (C=O) groups excluding carboxylic acids is 1. The molecule has 9 nitrogen and oxygen atoms in total. The van der Waals surface area contributed by atoms with Crippen molar-refractivity contribution in [2.75, 3.05) is 50.8 Å². The SMILES string of the molecule is CCOC(=O)N1CC2(CC[C@@H](N3CCN(c4cc(Cl)cnc4-n4cc(C)nn4)CC3)C2)C1. The molecule has 1 amide bonds. The largest absolute Gasteiger partial charge is 0.450 e. The monoisotopic (exact) mass is 459 g/mol. The molecular weight excluding hydrogens is 430 g/mol. The normalized spacial score (nSPS) is 22.9. The molecule has 1 atom stereocenters. The van der Waals surface area contributed by atoms with Crippen molar-refractivity contribution in [2.45, 2.75) is 39.2 Å². The zero-order chi connectivity index (χ0) is 22.3. The standard InChI is InChI=1S/C22H30ClN7O2/c1-3-32-21(31)29-14-22(15-29)5-4-18(11-22)27-6-8-28(9-7-27)19-10-17(23)12-24-20(19)30-13-16(2)25-26-30/h10,12-13,18H,3-9,11,14-15H2,1-2H3/t18-/m1/s1. The summed E-state index contributed by atoms with van der Waals surface area (Å²) in [6.45, 7) is 9.75. The van der Waals surface area contributed by atoms with Gasteiger partial charge in [0.25, 0.3) is 0 Å². The molecule has 32 heavy (non-hydrogen) atoms. The lowest BCUT2D eigenvalue weighted by Crippen LogP contribution is -2.58. The van der Waals surface area contributed by atoms with Gasteiger partial charge in [-0.1, -0.05) is 16.8 Å². The van der Waals surface area contributed by atoms with Crippen LogP contribution >= 0.6 is 11.6 Å². The summed E-state index contributed by atoms with van der Waals surface area (Å²) in [5.74, 6) is 0.761. The number of carbonyl (C=O) groups is 1. The Kier molecular flexibility index (Phi) is 5.71. The number of ether oxygens (including phenoxy) is 1. The van der Waals surface area contributed by atoms with Gasteiger partial charge in [0.2, 0.25) is 0 Å². The number of halogens is 1. The fourth-order valence-corrected chi connectivity index (χ4v) is 5.64. The molecule has 0 radical (unpaired) electrons. The fraction of sp³-hybridized carbons (Fsp3) is 0.636. The molecule has 10 heteroatoms. The molecule has 0 bridgehead atoms. The minimum atomic E-state index is -0.163. The summed E-state index contributed by atoms with van der Waals surface area (Å²) in [5.41, 5.74) is 2.14. The molecule has 3 fully saturated rings. The van der Waals surface area contributed by atoms with Crippen molar-refractivity contribution in [1.29, 1.82) is 0 Å². The zero-order valence-corrected chi connectivity index (χ0v) is 19.5. The van der Waals surface area contributed by atoms with Gasteiger partial charge in [0.05, 0.1) is 29.2 Å². The second kappa shape index (κ2) is 8.51. The van der Waals surface area contributed by atoms with Crippen LogP contribution < -0.4 is 4.90 Å². The number of aryl methyl sites for hydroxylation is 1. The third kappa shape index (κ3) is 4.03. The van der Waals surface area contributed by atoms with E-state index in [1.54, 1.807) is 10.9 Å². The van der Waals surface area contributed by atoms with Crippen LogP contribution in [0, 0.1) is 12.3 Å². The number of likely N-dealkylation sites (tertiary alicyclic amines) is 1. The molecule has 4 heterocycles. The lowest BCUT2D eigenvalue weighted by molar-refractivity contribution is -0.00294. The Balaban J connectivity index is 1.20. The highest BCUT2D eigenvalue weighted by molar-refractivity contribution is 6.30. The number of pyridine rings is 1. The number of aromatic nitrogens is 4. The number of amides is 1. The summed E-state index contributed by atoms with van der Waals surface area (Å²) in [7, 11) is 0. The molecule has 1 saturated carbocycles. The molecule has 2 aliphatic heterocycles. The Morgan fingerprint density at radius 3 is 2.75 bits per heavy atom. The number of nitrogens with zero attached hydrogens (tertiary/aromatic N) is 7. The van der Waals surface area contributed by atoms with Crippen LogP contribution in [0.2, 0.25) is 5.02 Å². The maximum absolute atomic E-state index is 11.9. The highest BCUT2D eigenvalue weighted by atomic mass is 35.5. The van der Waals surface area contributed by atoms with Crippen LogP contribution in [-0.4, -0.2) is 87.8 Å². The van der Waals surface area contributed by atoms with Gasteiger partial charge in [-0.15, -0.1) is 5.10 Å². The molecule has 2 aromatic rings. The van der Waals surface area contributed by atoms with E-state index in [4.69, 9.17) is 16.3 Å². The average Bonchev–Trinajstić information content (AvgIpc) is 3.40. The first kappa shape index (κ1) is 21.5. The highest BCUT2D eigenvalue weighted by Gasteiger charge is 2.51. The molecule has 1 spiro atoms. The topological polar surface area (TPSA) is 79.6 Å². The van der Waals surface area contributed by atoms with E-state index >= 15 is 0 Å². The Bertz CT molecular complexity index is 982. The van der Waals surface area contributed by atoms with Crippen LogP contribution in [0.5, 0.6) is 0 Å². The number of rotatable bonds is 4. The number of hydrogen-bond acceptors (Lipinski definition) is 7. The third-order valence-electron chi connectivity index (χ3n) is 7.07. The smallest absolute Gasteiger partial charge is 0.409 e. The molecule has 2 saturated heterocycles. The van der Waals surface area contributed by atoms with Crippen LogP contribution in [0.15, 0.2) is 18.5 Å². The Hall–Kier alpha value is -2.39. The van der Waals surface area contributed by atoms with Crippen molar-refractivity contribution in [3.8, 4) is 5.82 Å². The van der Waals surface area contributed by atoms with Crippen LogP contribution in [0.25, 0.3) is 5.82 Å². The third-order valence-corrected chi connectivity index (χ3v) is 7.27. The predicted octanol–water partition coefficient (Wildman–Crippen LogP) is 2.76. The second-order valence-electron chi connectivity index (χ2n) is 9.28. The van der Waals surface area contributed by atoms with Crippen molar-refractivity contribution in [3.05, 3.63) is 29.2 Å². The van der Waals surface area contributed by atoms with Crippen LogP contribution in [-0.2, 0) is 4.74 Å². The Labute approximate surface area is 193 Å². The quantitative estimate of drug-likeness (QED) is 0.695. The van der Waals surface area contributed by atoms with E-state index in [2.05, 4.69) is 25.1 Å². The molecule has 5 rings (SSSR count). The first-order valence-electron chi connectivity index (χ1n) is 11.4. The van der Waals surface area contributed by atoms with Crippen molar-refractivity contribution in [3.63, 3.8) is 0 Å². The fourth-order valence-electron chi connectivity index (χ4n) is 5.49. The molecule has 3 aliphatic rings. The maximum atomic E-state index is 11.9. The van der Waals surface area contributed by atoms with E-state index in [9.17, 15) is 4.79 Å². The molecular formula is C22H30ClN7O2. The first-order valence-corrected chi connectivity index (χ1v) is 11.8. The van der Waals surface area contributed by atoms with E-state index in [0.717, 1.165) is 56.5 Å². The molecule has 172 valence electrons. The summed E-state index contributed by atoms with van der Waals surface area (Å²) in [6, 6.07) is 2.57. The van der Waals surface area contributed by atoms with Gasteiger partial charge >= 0.3 is 6.09 Å². The second-order valence-corrected chi connectivity index (χ2v) is 9.71. The van der Waals surface area contributed by atoms with E-state index in [1.165, 1.54) is 19.3 Å². The summed E-state index contributed by atoms with van der Waals surface area (Å²) in [4.78, 5) is 23.3. The summed E-state index contributed by atoms with van der Waals surface area (Å²) < 4.78 is 6.87. The van der Waals surface area contributed by atoms with Gasteiger partial charge in [-0.05, 0) is 39.2 Å². The lowest BCUT2D eigenvalue weighted by atomic mass is 9.78. The van der Waals surface area contributed by atoms with Crippen molar-refractivity contribution in [2.24, 2.45) is 5.41 Å². The van der Waals surface area contributed by atoms with Gasteiger partial charge in [-0.3, -0.25) is 4.90 Å². The predicted molar refractivity (Wildman–Crippen MR) is 121 cm³/mol. The molecule has 0 N–H and O–H groups in total. The van der Waals surface area contributed by atoms with Gasteiger partial charge in [-0.25, -0.2) is 14.5 Å². The number of anilines is 1. The lowest BCUT2D eigenvalue weighted by Gasteiger charge is -2.48. The van der Waals surface area contributed by atoms with Gasteiger partial charge in [0, 0.05) is 56.9 Å². The maximum Gasteiger partial charge on any atom is 0.409 e. The average molecular weight is 460 g/mol. The molecule has 0 aromatic carbocycles. The number of piperazine rings is 1.